The van der Waals surface area contributed by atoms with E-state index in [1.807, 2.05) is 0 Å². The number of halogens is 3. The van der Waals surface area contributed by atoms with Crippen LogP contribution in [-0.4, -0.2) is 18.0 Å². The second-order valence-corrected chi connectivity index (χ2v) is 8.07. The highest BCUT2D eigenvalue weighted by Crippen LogP contribution is 2.41. The lowest BCUT2D eigenvalue weighted by molar-refractivity contribution is -0.138. The minimum Gasteiger partial charge on any atom is -0.456 e. The molecule has 7 nitrogen and oxygen atoms in total. The molecule has 0 bridgehead atoms. The molecular formula is C22H18F3N3O4S. The largest absolute Gasteiger partial charge is 0.456 e. The number of fused-ring (bicyclic) bond motifs is 1. The van der Waals surface area contributed by atoms with Gasteiger partial charge in [0.25, 0.3) is 5.56 Å². The van der Waals surface area contributed by atoms with Gasteiger partial charge in [-0.05, 0) is 35.9 Å². The highest BCUT2D eigenvalue weighted by Gasteiger charge is 2.34. The molecule has 0 atom stereocenters. The zero-order valence-corrected chi connectivity index (χ0v) is 18.0. The summed E-state index contributed by atoms with van der Waals surface area (Å²) in [5.74, 6) is -0.266. The zero-order valence-electron chi connectivity index (χ0n) is 17.1. The second kappa shape index (κ2) is 8.75. The van der Waals surface area contributed by atoms with Crippen molar-refractivity contribution < 1.29 is 26.3 Å². The summed E-state index contributed by atoms with van der Waals surface area (Å²) >= 11 is 0. The van der Waals surface area contributed by atoms with Crippen LogP contribution >= 0.6 is 0 Å². The summed E-state index contributed by atoms with van der Waals surface area (Å²) in [5.41, 5.74) is 0.594. The third kappa shape index (κ3) is 4.64. The summed E-state index contributed by atoms with van der Waals surface area (Å²) in [5, 5.41) is 0.548. The molecule has 0 aliphatic heterocycles. The molecule has 0 aliphatic carbocycles. The van der Waals surface area contributed by atoms with Crippen molar-refractivity contribution in [1.29, 1.82) is 0 Å². The Morgan fingerprint density at radius 2 is 1.82 bits per heavy atom. The van der Waals surface area contributed by atoms with Gasteiger partial charge in [0, 0.05) is 42.5 Å². The van der Waals surface area contributed by atoms with E-state index in [-0.39, 0.29) is 23.6 Å². The summed E-state index contributed by atoms with van der Waals surface area (Å²) in [6.45, 7) is -0.0207. The summed E-state index contributed by atoms with van der Waals surface area (Å²) in [4.78, 5) is 15.3. The molecule has 0 radical (unpaired) electrons. The summed E-state index contributed by atoms with van der Waals surface area (Å²) in [7, 11) is -1.29. The summed E-state index contributed by atoms with van der Waals surface area (Å²) < 4.78 is 71.7. The topological polar surface area (TPSA) is 93.2 Å². The van der Waals surface area contributed by atoms with Crippen LogP contribution in [0.5, 0.6) is 11.5 Å². The number of aromatic nitrogens is 2. The Hall–Kier alpha value is -3.57. The predicted molar refractivity (Wildman–Crippen MR) is 118 cm³/mol. The van der Waals surface area contributed by atoms with Gasteiger partial charge in [0.15, 0.2) is 0 Å². The van der Waals surface area contributed by atoms with Crippen molar-refractivity contribution in [2.45, 2.75) is 12.7 Å². The number of thiol groups is 1. The fourth-order valence-electron chi connectivity index (χ4n) is 3.53. The quantitative estimate of drug-likeness (QED) is 0.367. The van der Waals surface area contributed by atoms with E-state index in [1.165, 1.54) is 28.8 Å². The molecule has 0 spiro atoms. The van der Waals surface area contributed by atoms with Crippen LogP contribution in [0.4, 0.5) is 13.2 Å². The Bertz CT molecular complexity index is 1460. The average molecular weight is 477 g/mol. The smallest absolute Gasteiger partial charge is 0.419 e. The van der Waals surface area contributed by atoms with Crippen molar-refractivity contribution >= 4 is 21.8 Å². The van der Waals surface area contributed by atoms with Crippen LogP contribution < -0.4 is 15.0 Å². The van der Waals surface area contributed by atoms with Crippen LogP contribution in [0.1, 0.15) is 11.1 Å². The van der Waals surface area contributed by atoms with Crippen molar-refractivity contribution in [3.63, 3.8) is 0 Å². The maximum Gasteiger partial charge on any atom is 0.419 e. The normalized spacial score (nSPS) is 11.9. The number of ether oxygens (including phenoxy) is 1. The number of alkyl halides is 3. The van der Waals surface area contributed by atoms with Crippen LogP contribution in [0.2, 0.25) is 0 Å². The van der Waals surface area contributed by atoms with Crippen molar-refractivity contribution in [2.75, 3.05) is 0 Å². The van der Waals surface area contributed by atoms with Gasteiger partial charge in [-0.25, -0.2) is 13.1 Å². The first-order chi connectivity index (χ1) is 15.6. The standard InChI is InChI=1S/C22H18F3N3O4S/c1-28-12-16(14-8-9-26-20(14)21(28)29)15-10-13(11-27-33(30)31)6-7-18(15)32-19-5-3-2-4-17(19)22(23,24)25/h2-10,12,26,33H,11H2,1H3,(H,27,30,31). The highest BCUT2D eigenvalue weighted by molar-refractivity contribution is 7.70. The van der Waals surface area contributed by atoms with E-state index in [9.17, 15) is 26.4 Å². The van der Waals surface area contributed by atoms with Crippen LogP contribution in [-0.2, 0) is 30.7 Å². The maximum atomic E-state index is 13.5. The number of H-pyrrole nitrogens is 1. The van der Waals surface area contributed by atoms with E-state index < -0.39 is 22.6 Å². The number of nitrogens with one attached hydrogen (secondary N) is 2. The Morgan fingerprint density at radius 1 is 1.06 bits per heavy atom. The third-order valence-electron chi connectivity index (χ3n) is 5.05. The molecule has 0 saturated carbocycles. The average Bonchev–Trinajstić information content (AvgIpc) is 3.25. The van der Waals surface area contributed by atoms with E-state index >= 15 is 0 Å². The minimum absolute atomic E-state index is 0.0207. The molecule has 0 amide bonds. The molecule has 0 unspecified atom stereocenters. The lowest BCUT2D eigenvalue weighted by atomic mass is 10.00. The van der Waals surface area contributed by atoms with E-state index in [4.69, 9.17) is 4.74 Å². The van der Waals surface area contributed by atoms with Gasteiger partial charge in [-0.2, -0.15) is 13.2 Å². The predicted octanol–water partition coefficient (Wildman–Crippen LogP) is 3.96. The van der Waals surface area contributed by atoms with Gasteiger partial charge in [0.05, 0.1) is 5.56 Å². The molecule has 4 rings (SSSR count). The Labute approximate surface area is 187 Å². The fraction of sp³-hybridized carbons (Fsp3) is 0.136. The van der Waals surface area contributed by atoms with E-state index in [1.54, 1.807) is 37.6 Å². The molecule has 172 valence electrons. The summed E-state index contributed by atoms with van der Waals surface area (Å²) in [6.07, 6.45) is -1.48. The number of aromatic amines is 1. The first-order valence-corrected chi connectivity index (χ1v) is 10.8. The highest BCUT2D eigenvalue weighted by atomic mass is 32.2. The lowest BCUT2D eigenvalue weighted by Crippen LogP contribution is -2.16. The number of hydrogen-bond donors (Lipinski definition) is 3. The molecule has 4 aromatic rings. The molecule has 2 aromatic heterocycles. The number of rotatable bonds is 6. The number of hydrogen-bond acceptors (Lipinski definition) is 4. The lowest BCUT2D eigenvalue weighted by Gasteiger charge is -2.17. The first-order valence-electron chi connectivity index (χ1n) is 9.67. The number of nitrogens with zero attached hydrogens (tertiary/aromatic N) is 1. The summed E-state index contributed by atoms with van der Waals surface area (Å²) in [6, 6.07) is 11.2. The molecular weight excluding hydrogens is 459 g/mol. The van der Waals surface area contributed by atoms with Crippen molar-refractivity contribution in [2.24, 2.45) is 7.05 Å². The Balaban J connectivity index is 1.91. The minimum atomic E-state index is -4.62. The molecule has 2 aromatic carbocycles. The molecule has 0 saturated heterocycles. The van der Waals surface area contributed by atoms with Gasteiger partial charge < -0.3 is 14.3 Å². The van der Waals surface area contributed by atoms with Gasteiger partial charge in [0.1, 0.15) is 17.0 Å². The van der Waals surface area contributed by atoms with Crippen LogP contribution in [0.3, 0.4) is 0 Å². The van der Waals surface area contributed by atoms with Gasteiger partial charge in [-0.15, -0.1) is 0 Å². The molecule has 11 heteroatoms. The Kier molecular flexibility index (Phi) is 6.00. The molecule has 2 heterocycles. The van der Waals surface area contributed by atoms with E-state index in [2.05, 4.69) is 9.71 Å². The van der Waals surface area contributed by atoms with Crippen molar-refractivity contribution in [1.82, 2.24) is 14.3 Å². The fourth-order valence-corrected chi connectivity index (χ4v) is 3.85. The number of para-hydroxylation sites is 1. The van der Waals surface area contributed by atoms with E-state index in [0.717, 1.165) is 6.07 Å². The van der Waals surface area contributed by atoms with Crippen LogP contribution in [0, 0.1) is 0 Å². The number of aryl methyl sites for hydroxylation is 1. The van der Waals surface area contributed by atoms with Gasteiger partial charge in [0.2, 0.25) is 10.9 Å². The maximum absolute atomic E-state index is 13.5. The van der Waals surface area contributed by atoms with Crippen molar-refractivity contribution in [3.8, 4) is 22.6 Å². The first kappa shape index (κ1) is 22.6. The van der Waals surface area contributed by atoms with Gasteiger partial charge in [-0.1, -0.05) is 18.2 Å². The number of pyridine rings is 1. The molecule has 2 N–H and O–H groups in total. The molecule has 0 aliphatic rings. The van der Waals surface area contributed by atoms with Crippen LogP contribution in [0.15, 0.2) is 65.7 Å². The molecule has 33 heavy (non-hydrogen) atoms. The Morgan fingerprint density at radius 3 is 2.55 bits per heavy atom. The number of benzene rings is 2. The monoisotopic (exact) mass is 477 g/mol. The molecule has 0 fully saturated rings. The van der Waals surface area contributed by atoms with Crippen LogP contribution in [0.25, 0.3) is 22.0 Å². The van der Waals surface area contributed by atoms with E-state index in [0.29, 0.717) is 27.6 Å². The van der Waals surface area contributed by atoms with Gasteiger partial charge >= 0.3 is 6.18 Å². The third-order valence-corrected chi connectivity index (χ3v) is 5.47. The zero-order chi connectivity index (χ0) is 23.8. The SMILES string of the molecule is Cn1cc(-c2cc(CN[SH](=O)=O)ccc2Oc2ccccc2C(F)(F)F)c2cc[nH]c2c1=O. The van der Waals surface area contributed by atoms with Crippen molar-refractivity contribution in [3.05, 3.63) is 82.4 Å². The van der Waals surface area contributed by atoms with Gasteiger partial charge in [-0.3, -0.25) is 4.79 Å². The second-order valence-electron chi connectivity index (χ2n) is 7.24.